The van der Waals surface area contributed by atoms with Crippen LogP contribution in [0.15, 0.2) is 25.8 Å². The molecule has 0 saturated carbocycles. The number of carboxylic acids is 1. The van der Waals surface area contributed by atoms with Crippen LogP contribution in [0.25, 0.3) is 21.9 Å². The normalized spacial score (nSPS) is 11.0. The van der Waals surface area contributed by atoms with Crippen molar-refractivity contribution in [2.75, 3.05) is 13.1 Å². The summed E-state index contributed by atoms with van der Waals surface area (Å²) in [7, 11) is 0. The van der Waals surface area contributed by atoms with Crippen molar-refractivity contribution < 1.29 is 28.3 Å². The molecule has 1 aromatic carbocycles. The molecule has 3 aromatic rings. The van der Waals surface area contributed by atoms with Gasteiger partial charge in [-0.25, -0.2) is 4.79 Å². The summed E-state index contributed by atoms with van der Waals surface area (Å²) in [5, 5.41) is 16.3. The van der Waals surface area contributed by atoms with E-state index in [-0.39, 0.29) is 12.0 Å². The number of rotatable bonds is 6. The van der Waals surface area contributed by atoms with Crippen molar-refractivity contribution in [2.24, 2.45) is 0 Å². The Bertz CT molecular complexity index is 1200. The Morgan fingerprint density at radius 2 is 1.52 bits per heavy atom. The lowest BCUT2D eigenvalue weighted by Gasteiger charge is -2.09. The van der Waals surface area contributed by atoms with Crippen molar-refractivity contribution in [1.82, 2.24) is 10.6 Å². The fraction of sp³-hybridized carbons (Fsp3) is 0.300. The van der Waals surface area contributed by atoms with Crippen LogP contribution in [0, 0.1) is 20.8 Å². The first-order valence-electron chi connectivity index (χ1n) is 8.86. The van der Waals surface area contributed by atoms with E-state index < -0.39 is 36.5 Å². The molecule has 2 heterocycles. The Morgan fingerprint density at radius 1 is 0.897 bits per heavy atom. The number of amides is 2. The minimum atomic E-state index is -1.44. The van der Waals surface area contributed by atoms with Crippen LogP contribution in [0.3, 0.4) is 0 Å². The van der Waals surface area contributed by atoms with Gasteiger partial charge < -0.3 is 29.4 Å². The summed E-state index contributed by atoms with van der Waals surface area (Å²) in [6.45, 7) is 4.44. The van der Waals surface area contributed by atoms with Gasteiger partial charge in [-0.1, -0.05) is 0 Å². The van der Waals surface area contributed by atoms with Gasteiger partial charge in [-0.15, -0.1) is 0 Å². The Hall–Kier alpha value is -3.62. The largest absolute Gasteiger partial charge is 0.548 e. The van der Waals surface area contributed by atoms with Crippen molar-refractivity contribution in [3.63, 3.8) is 0 Å². The summed E-state index contributed by atoms with van der Waals surface area (Å²) in [4.78, 5) is 46.3. The molecule has 0 aliphatic carbocycles. The van der Waals surface area contributed by atoms with Crippen molar-refractivity contribution in [2.45, 2.75) is 27.2 Å². The monoisotopic (exact) mass is 399 g/mol. The quantitative estimate of drug-likeness (QED) is 0.555. The second-order valence-corrected chi connectivity index (χ2v) is 6.72. The summed E-state index contributed by atoms with van der Waals surface area (Å²) in [6, 6.07) is 3.52. The molecule has 0 saturated heterocycles. The van der Waals surface area contributed by atoms with Gasteiger partial charge in [0.05, 0.1) is 31.0 Å². The molecule has 0 atom stereocenters. The molecule has 2 N–H and O–H groups in total. The van der Waals surface area contributed by atoms with E-state index in [2.05, 4.69) is 10.6 Å². The van der Waals surface area contributed by atoms with Crippen LogP contribution in [0.5, 0.6) is 0 Å². The third-order valence-corrected chi connectivity index (χ3v) is 4.80. The topological polar surface area (TPSA) is 142 Å². The molecule has 2 aromatic heterocycles. The van der Waals surface area contributed by atoms with Crippen LogP contribution in [0.4, 0.5) is 0 Å². The highest BCUT2D eigenvalue weighted by atomic mass is 16.4. The van der Waals surface area contributed by atoms with E-state index in [0.29, 0.717) is 22.1 Å². The number of aryl methyl sites for hydroxylation is 3. The molecule has 0 spiro atoms. The smallest absolute Gasteiger partial charge is 0.340 e. The molecule has 0 fully saturated rings. The van der Waals surface area contributed by atoms with Gasteiger partial charge in [-0.05, 0) is 38.0 Å². The number of nitrogens with one attached hydrogen (secondary N) is 2. The van der Waals surface area contributed by atoms with E-state index in [1.807, 2.05) is 19.9 Å². The maximum Gasteiger partial charge on any atom is 0.340 e. The van der Waals surface area contributed by atoms with Crippen molar-refractivity contribution >= 4 is 39.7 Å². The Morgan fingerprint density at radius 3 is 2.21 bits per heavy atom. The van der Waals surface area contributed by atoms with Gasteiger partial charge in [-0.2, -0.15) is 0 Å². The summed E-state index contributed by atoms with van der Waals surface area (Å²) >= 11 is 0. The molecular weight excluding hydrogens is 380 g/mol. The molecule has 2 amide bonds. The molecule has 9 heteroatoms. The molecule has 0 unspecified atom stereocenters. The first-order valence-corrected chi connectivity index (χ1v) is 8.86. The second kappa shape index (κ2) is 7.78. The fourth-order valence-corrected chi connectivity index (χ4v) is 3.06. The average molecular weight is 399 g/mol. The number of hydrogen-bond acceptors (Lipinski definition) is 7. The summed E-state index contributed by atoms with van der Waals surface area (Å²) < 4.78 is 11.0. The third-order valence-electron chi connectivity index (χ3n) is 4.80. The fourth-order valence-electron chi connectivity index (χ4n) is 3.06. The maximum absolute atomic E-state index is 12.4. The molecular formula is C20H19N2O7-. The van der Waals surface area contributed by atoms with Gasteiger partial charge in [0.15, 0.2) is 0 Å². The van der Waals surface area contributed by atoms with Crippen LogP contribution in [0.1, 0.15) is 22.5 Å². The molecule has 0 aliphatic rings. The third kappa shape index (κ3) is 4.13. The summed E-state index contributed by atoms with van der Waals surface area (Å²) in [5.74, 6) is -1.92. The molecule has 3 rings (SSSR count). The lowest BCUT2D eigenvalue weighted by Crippen LogP contribution is -2.43. The van der Waals surface area contributed by atoms with E-state index in [4.69, 9.17) is 8.83 Å². The molecule has 0 radical (unpaired) electrons. The van der Waals surface area contributed by atoms with E-state index in [1.165, 1.54) is 0 Å². The maximum atomic E-state index is 12.4. The zero-order valence-electron chi connectivity index (χ0n) is 16.1. The van der Waals surface area contributed by atoms with Gasteiger partial charge in [-0.3, -0.25) is 9.59 Å². The number of carbonyl (C=O) groups is 3. The van der Waals surface area contributed by atoms with Gasteiger partial charge in [0.1, 0.15) is 16.9 Å². The highest BCUT2D eigenvalue weighted by Gasteiger charge is 2.17. The number of benzene rings is 1. The van der Waals surface area contributed by atoms with Crippen LogP contribution in [-0.2, 0) is 20.8 Å². The van der Waals surface area contributed by atoms with E-state index in [1.54, 1.807) is 13.0 Å². The van der Waals surface area contributed by atoms with Crippen molar-refractivity contribution in [1.29, 1.82) is 0 Å². The van der Waals surface area contributed by atoms with E-state index in [9.17, 15) is 24.3 Å². The minimum Gasteiger partial charge on any atom is -0.548 e. The lowest BCUT2D eigenvalue weighted by molar-refractivity contribution is -0.304. The number of carboxylic acid groups (broad SMARTS) is 1. The summed E-state index contributed by atoms with van der Waals surface area (Å²) in [6.07, 6.45) is -0.278. The molecule has 9 nitrogen and oxygen atoms in total. The van der Waals surface area contributed by atoms with Gasteiger partial charge in [0.2, 0.25) is 11.8 Å². The van der Waals surface area contributed by atoms with Crippen LogP contribution < -0.4 is 21.4 Å². The molecule has 152 valence electrons. The predicted octanol–water partition coefficient (Wildman–Crippen LogP) is -0.0107. The van der Waals surface area contributed by atoms with Crippen LogP contribution >= 0.6 is 0 Å². The molecule has 0 bridgehead atoms. The Balaban J connectivity index is 1.83. The van der Waals surface area contributed by atoms with Crippen LogP contribution in [-0.4, -0.2) is 30.9 Å². The first-order chi connectivity index (χ1) is 13.7. The zero-order chi connectivity index (χ0) is 21.3. The van der Waals surface area contributed by atoms with Gasteiger partial charge in [0, 0.05) is 16.8 Å². The number of carbonyl (C=O) groups excluding carboxylic acids is 3. The summed E-state index contributed by atoms with van der Waals surface area (Å²) in [5.41, 5.74) is 2.10. The van der Waals surface area contributed by atoms with Gasteiger partial charge >= 0.3 is 5.63 Å². The number of furan rings is 1. The van der Waals surface area contributed by atoms with Crippen molar-refractivity contribution in [3.8, 4) is 0 Å². The minimum absolute atomic E-state index is 0.183. The van der Waals surface area contributed by atoms with Gasteiger partial charge in [0.25, 0.3) is 0 Å². The predicted molar refractivity (Wildman–Crippen MR) is 101 cm³/mol. The number of hydrogen-bond donors (Lipinski definition) is 2. The molecule has 0 aliphatic heterocycles. The average Bonchev–Trinajstić information content (AvgIpc) is 2.93. The van der Waals surface area contributed by atoms with Crippen molar-refractivity contribution in [3.05, 3.63) is 45.0 Å². The first kappa shape index (κ1) is 20.1. The Labute approximate surface area is 164 Å². The van der Waals surface area contributed by atoms with E-state index >= 15 is 0 Å². The standard InChI is InChI=1S/C20H20N2O7/c1-9-11(3)28-15-6-16-13(4-12(9)15)10(2)14(20(27)29-16)5-17(23)21-7-18(24)22-8-19(25)26/h4,6H,5,7-8H2,1-3H3,(H,21,23)(H,22,24)(H,25,26)/p-1. The second-order valence-electron chi connectivity index (χ2n) is 6.72. The number of aliphatic carboxylic acids is 1. The highest BCUT2D eigenvalue weighted by Crippen LogP contribution is 2.30. The highest BCUT2D eigenvalue weighted by molar-refractivity contribution is 5.97. The van der Waals surface area contributed by atoms with Crippen LogP contribution in [0.2, 0.25) is 0 Å². The molecule has 29 heavy (non-hydrogen) atoms. The SMILES string of the molecule is Cc1oc2cc3oc(=O)c(CC(=O)NCC(=O)NCC(=O)[O-])c(C)c3cc2c1C. The lowest BCUT2D eigenvalue weighted by atomic mass is 10.0. The number of fused-ring (bicyclic) bond motifs is 2. The Kier molecular flexibility index (Phi) is 5.40. The zero-order valence-corrected chi connectivity index (χ0v) is 16.1. The van der Waals surface area contributed by atoms with E-state index in [0.717, 1.165) is 16.7 Å².